The van der Waals surface area contributed by atoms with E-state index in [-0.39, 0.29) is 40.9 Å². The maximum absolute atomic E-state index is 16.0. The number of nitrogens with zero attached hydrogens (tertiary/aromatic N) is 5. The van der Waals surface area contributed by atoms with Crippen LogP contribution in [-0.2, 0) is 9.47 Å². The van der Waals surface area contributed by atoms with Crippen LogP contribution in [0, 0.1) is 11.2 Å². The van der Waals surface area contributed by atoms with Gasteiger partial charge in [0.25, 0.3) is 0 Å². The Bertz CT molecular complexity index is 1360. The Hall–Kier alpha value is -2.24. The molecule has 1 aromatic carbocycles. The van der Waals surface area contributed by atoms with Gasteiger partial charge in [0, 0.05) is 43.5 Å². The number of anilines is 1. The molecule has 3 saturated heterocycles. The number of benzene rings is 1. The van der Waals surface area contributed by atoms with E-state index >= 15 is 4.39 Å². The van der Waals surface area contributed by atoms with Crippen molar-refractivity contribution in [1.82, 2.24) is 19.8 Å². The first-order chi connectivity index (χ1) is 20.1. The third-order valence-corrected chi connectivity index (χ3v) is 10.2. The molecule has 4 heterocycles. The van der Waals surface area contributed by atoms with E-state index in [9.17, 15) is 4.79 Å². The number of aromatic nitrogens is 2. The first-order valence-corrected chi connectivity index (χ1v) is 16.3. The number of ether oxygens (including phenoxy) is 3. The number of fused-ring (bicyclic) bond motifs is 3. The molecule has 11 heteroatoms. The molecule has 42 heavy (non-hydrogen) atoms. The van der Waals surface area contributed by atoms with Crippen molar-refractivity contribution in [3.05, 3.63) is 21.9 Å². The minimum atomic E-state index is -0.548. The van der Waals surface area contributed by atoms with Crippen LogP contribution in [-0.4, -0.2) is 96.1 Å². The molecular weight excluding hydrogens is 605 g/mol. The fourth-order valence-corrected chi connectivity index (χ4v) is 7.48. The van der Waals surface area contributed by atoms with Gasteiger partial charge in [-0.25, -0.2) is 9.18 Å². The molecule has 9 nitrogen and oxygen atoms in total. The Labute approximate surface area is 255 Å². The highest BCUT2D eigenvalue weighted by atomic mass is 79.9. The van der Waals surface area contributed by atoms with E-state index in [1.165, 1.54) is 0 Å². The van der Waals surface area contributed by atoms with Gasteiger partial charge < -0.3 is 19.1 Å². The smallest absolute Gasteiger partial charge is 0.410 e. The summed E-state index contributed by atoms with van der Waals surface area (Å²) in [5, 5.41) is 0.713. The summed E-state index contributed by atoms with van der Waals surface area (Å²) in [5.41, 5.74) is 0.804. The van der Waals surface area contributed by atoms with Crippen molar-refractivity contribution in [2.24, 2.45) is 5.41 Å². The molecule has 2 bridgehead atoms. The number of halogens is 2. The number of hydrogen-bond donors (Lipinski definition) is 0. The van der Waals surface area contributed by atoms with Crippen molar-refractivity contribution in [3.8, 4) is 6.01 Å². The molecule has 5 aliphatic rings. The van der Waals surface area contributed by atoms with Crippen LogP contribution in [0.1, 0.15) is 70.8 Å². The van der Waals surface area contributed by atoms with Crippen molar-refractivity contribution in [1.29, 1.82) is 0 Å². The van der Waals surface area contributed by atoms with Gasteiger partial charge in [0.05, 0.1) is 36.4 Å². The van der Waals surface area contributed by atoms with E-state index in [1.807, 2.05) is 25.7 Å². The van der Waals surface area contributed by atoms with Gasteiger partial charge in [-0.05, 0) is 92.8 Å². The van der Waals surface area contributed by atoms with Gasteiger partial charge in [0.15, 0.2) is 5.82 Å². The molecule has 2 aromatic rings. The monoisotopic (exact) mass is 645 g/mol. The fourth-order valence-electron chi connectivity index (χ4n) is 6.85. The molecule has 1 amide bonds. The number of morpholine rings is 1. The highest BCUT2D eigenvalue weighted by molar-refractivity contribution is 9.10. The molecule has 2 saturated carbocycles. The number of piperazine rings is 1. The fraction of sp³-hybridized carbons (Fsp3) is 0.710. The predicted octanol–water partition coefficient (Wildman–Crippen LogP) is 5.49. The van der Waals surface area contributed by atoms with Crippen molar-refractivity contribution in [2.75, 3.05) is 57.4 Å². The van der Waals surface area contributed by atoms with Crippen LogP contribution in [0.25, 0.3) is 10.9 Å². The quantitative estimate of drug-likeness (QED) is 0.391. The molecule has 0 spiro atoms. The van der Waals surface area contributed by atoms with Crippen LogP contribution in [0.15, 0.2) is 10.5 Å². The second-order valence-electron chi connectivity index (χ2n) is 13.9. The van der Waals surface area contributed by atoms with Gasteiger partial charge >= 0.3 is 12.1 Å². The summed E-state index contributed by atoms with van der Waals surface area (Å²) >= 11 is 3.54. The highest BCUT2D eigenvalue weighted by Gasteiger charge is 2.47. The summed E-state index contributed by atoms with van der Waals surface area (Å²) in [6, 6.07) is 2.32. The van der Waals surface area contributed by atoms with E-state index in [0.29, 0.717) is 41.3 Å². The summed E-state index contributed by atoms with van der Waals surface area (Å²) in [6.45, 7) is 11.8. The molecule has 2 aliphatic carbocycles. The van der Waals surface area contributed by atoms with E-state index in [0.717, 1.165) is 76.9 Å². The second-order valence-corrected chi connectivity index (χ2v) is 14.7. The lowest BCUT2D eigenvalue weighted by Crippen LogP contribution is -2.57. The van der Waals surface area contributed by atoms with E-state index in [2.05, 4.69) is 36.8 Å². The topological polar surface area (TPSA) is 80.3 Å². The molecule has 7 rings (SSSR count). The number of carbonyl (C=O) groups is 1. The normalized spacial score (nSPS) is 25.6. The van der Waals surface area contributed by atoms with Crippen LogP contribution in [0.4, 0.5) is 15.0 Å². The molecule has 3 aliphatic heterocycles. The summed E-state index contributed by atoms with van der Waals surface area (Å²) in [4.78, 5) is 29.3. The predicted molar refractivity (Wildman–Crippen MR) is 161 cm³/mol. The Morgan fingerprint density at radius 2 is 1.81 bits per heavy atom. The minimum absolute atomic E-state index is 0.0134. The van der Waals surface area contributed by atoms with Gasteiger partial charge in [-0.1, -0.05) is 0 Å². The Kier molecular flexibility index (Phi) is 7.29. The van der Waals surface area contributed by atoms with Crippen LogP contribution in [0.5, 0.6) is 6.01 Å². The average Bonchev–Trinajstić information content (AvgIpc) is 3.88. The van der Waals surface area contributed by atoms with Gasteiger partial charge in [0.2, 0.25) is 0 Å². The zero-order valence-electron chi connectivity index (χ0n) is 24.8. The Morgan fingerprint density at radius 1 is 1.12 bits per heavy atom. The summed E-state index contributed by atoms with van der Waals surface area (Å²) in [5.74, 6) is 0.701. The first kappa shape index (κ1) is 28.5. The van der Waals surface area contributed by atoms with Gasteiger partial charge in [0.1, 0.15) is 16.9 Å². The van der Waals surface area contributed by atoms with Crippen LogP contribution in [0.3, 0.4) is 0 Å². The van der Waals surface area contributed by atoms with E-state index in [1.54, 1.807) is 0 Å². The van der Waals surface area contributed by atoms with Crippen LogP contribution in [0.2, 0.25) is 0 Å². The highest BCUT2D eigenvalue weighted by Crippen LogP contribution is 2.48. The zero-order valence-corrected chi connectivity index (χ0v) is 26.4. The summed E-state index contributed by atoms with van der Waals surface area (Å²) in [6.07, 6.45) is 5.88. The molecule has 5 fully saturated rings. The first-order valence-electron chi connectivity index (χ1n) is 15.5. The number of hydrogen-bond acceptors (Lipinski definition) is 8. The largest absolute Gasteiger partial charge is 0.463 e. The molecule has 0 radical (unpaired) electrons. The second kappa shape index (κ2) is 10.7. The molecular formula is C31H41BrFN5O4. The summed E-state index contributed by atoms with van der Waals surface area (Å²) in [7, 11) is 0. The minimum Gasteiger partial charge on any atom is -0.463 e. The van der Waals surface area contributed by atoms with Gasteiger partial charge in [-0.2, -0.15) is 9.97 Å². The lowest BCUT2D eigenvalue weighted by Gasteiger charge is -2.42. The number of carbonyl (C=O) groups excluding carboxylic acids is 1. The van der Waals surface area contributed by atoms with E-state index in [4.69, 9.17) is 19.2 Å². The molecule has 2 atom stereocenters. The van der Waals surface area contributed by atoms with Crippen LogP contribution < -0.4 is 9.64 Å². The third-order valence-electron chi connectivity index (χ3n) is 9.39. The zero-order chi connectivity index (χ0) is 29.2. The lowest BCUT2D eigenvalue weighted by atomic mass is 10.1. The van der Waals surface area contributed by atoms with E-state index < -0.39 is 5.60 Å². The van der Waals surface area contributed by atoms with Crippen molar-refractivity contribution in [2.45, 2.75) is 82.9 Å². The molecule has 2 unspecified atom stereocenters. The maximum Gasteiger partial charge on any atom is 0.410 e. The number of amides is 1. The van der Waals surface area contributed by atoms with Gasteiger partial charge in [-0.3, -0.25) is 9.80 Å². The van der Waals surface area contributed by atoms with Crippen molar-refractivity contribution < 1.29 is 23.4 Å². The number of rotatable bonds is 7. The van der Waals surface area contributed by atoms with Gasteiger partial charge in [-0.15, -0.1) is 0 Å². The molecule has 1 aromatic heterocycles. The standard InChI is InChI=1S/C31H41BrFN5O4/c1-30(2,3)42-29(39)38-20-6-7-21(38)16-37(15-20)27-23-14-22(19-4-5-19)24(32)25(33)26(23)34-28(35-27)41-18-31(8-9-31)17-36-10-12-40-13-11-36/h14,19-21H,4-13,15-18H2,1-3H3. The third kappa shape index (κ3) is 5.68. The lowest BCUT2D eigenvalue weighted by molar-refractivity contribution is 0.0123. The van der Waals surface area contributed by atoms with Crippen molar-refractivity contribution >= 4 is 38.7 Å². The average molecular weight is 647 g/mol. The van der Waals surface area contributed by atoms with Crippen molar-refractivity contribution in [3.63, 3.8) is 0 Å². The maximum atomic E-state index is 16.0. The molecule has 0 N–H and O–H groups in total. The van der Waals surface area contributed by atoms with Crippen LogP contribution >= 0.6 is 15.9 Å². The Morgan fingerprint density at radius 3 is 2.43 bits per heavy atom. The SMILES string of the molecule is CC(C)(C)OC(=O)N1C2CCC1CN(c1nc(OCC3(CN4CCOCC4)CC3)nc3c(F)c(Br)c(C4CC4)cc13)C2. The molecule has 228 valence electrons. The summed E-state index contributed by atoms with van der Waals surface area (Å²) < 4.78 is 34.0. The Balaban J connectivity index is 1.18.